The molecule has 13 atom stereocenters. The van der Waals surface area contributed by atoms with Crippen LogP contribution in [0.3, 0.4) is 0 Å². The molecule has 0 radical (unpaired) electrons. The largest absolute Gasteiger partial charge is 0.481 e. The van der Waals surface area contributed by atoms with E-state index < -0.39 is 210 Å². The number of carboxylic acids is 1. The highest BCUT2D eigenvalue weighted by molar-refractivity contribution is 8.00. The molecular weight excluding hydrogens is 1470 g/mol. The molecule has 112 heavy (non-hydrogen) atoms. The van der Waals surface area contributed by atoms with Gasteiger partial charge >= 0.3 is 5.97 Å². The normalized spacial score (nSPS) is 23.7. The quantitative estimate of drug-likeness (QED) is 0.0227. The van der Waals surface area contributed by atoms with Gasteiger partial charge < -0.3 is 108 Å². The Labute approximate surface area is 657 Å². The standard InChI is InChI=1S/C74H119N21O16S/c1-11-43(10)60-72(111)87-47(26-19-29-81-73(77)78)62(101)90-53(35-57(98)99)68(107)86-48(27-20-30-82-74(79)80)64(103)93-58(41(6)7)70(109)91-52(34-45-23-16-13-17-24-45)67(106)85-46(25-18-28-75)63(102)92-54(61(100)83-36-55(76)96)37-112-38-56(97)84-51(33-44-21-14-12-15-22-44)66(105)88-49(31-39(2)3)65(104)89-50(32-40(4)5)69(108)94-59(42(8)9)71(110)95-60/h12-17,21-24,39-43,46-54,58-60H,11,18-20,25-38,75H2,1-10H3,(H2,76,96)(H,83,100)(H,84,97)(H,85,106)(H,86,107)(H,87,111)(H,88,105)(H,89,104)(H,90,101)(H,91,109)(H,92,102)(H,93,103)(H,94,108)(H,95,110)(H,98,99)(H4,77,78,81)(H4,79,80,82)/t43-,46-,47-,48-,49-,50-,51-,52-,53-,54-,58-,59-,60-/m0/s1. The third-order valence-electron chi connectivity index (χ3n) is 18.0. The Balaban J connectivity index is 2.36. The molecule has 0 unspecified atom stereocenters. The second-order valence-electron chi connectivity index (χ2n) is 29.3. The summed E-state index contributed by atoms with van der Waals surface area (Å²) < 4.78 is 0. The Morgan fingerprint density at radius 3 is 1.25 bits per heavy atom. The first-order chi connectivity index (χ1) is 52.8. The second-order valence-corrected chi connectivity index (χ2v) is 30.3. The van der Waals surface area contributed by atoms with Gasteiger partial charge in [0.2, 0.25) is 82.7 Å². The molecule has 26 N–H and O–H groups in total. The monoisotopic (exact) mass is 1590 g/mol. The van der Waals surface area contributed by atoms with Crippen molar-refractivity contribution in [3.63, 3.8) is 0 Å². The van der Waals surface area contributed by atoms with Crippen molar-refractivity contribution in [2.45, 2.75) is 219 Å². The van der Waals surface area contributed by atoms with Gasteiger partial charge in [-0.3, -0.25) is 82.7 Å². The van der Waals surface area contributed by atoms with Crippen LogP contribution in [0.4, 0.5) is 0 Å². The average Bonchev–Trinajstić information content (AvgIpc) is 0.851. The summed E-state index contributed by atoms with van der Waals surface area (Å²) in [6.45, 7) is 16.1. The number of carbonyl (C=O) groups excluding carboxylic acids is 14. The molecule has 2 aromatic carbocycles. The van der Waals surface area contributed by atoms with E-state index in [1.54, 1.807) is 130 Å². The van der Waals surface area contributed by atoms with Crippen molar-refractivity contribution >= 4 is 112 Å². The lowest BCUT2D eigenvalue weighted by molar-refractivity contribution is -0.142. The molecule has 0 bridgehead atoms. The summed E-state index contributed by atoms with van der Waals surface area (Å²) in [5.74, 6) is -19.0. The molecule has 0 saturated carbocycles. The fourth-order valence-electron chi connectivity index (χ4n) is 11.8. The number of rotatable bonds is 28. The van der Waals surface area contributed by atoms with Crippen molar-refractivity contribution in [3.05, 3.63) is 71.8 Å². The molecule has 38 heteroatoms. The SMILES string of the molecule is CC[C@H](C)[C@@H]1NC(=O)[C@H](C(C)C)NC(=O)[C@H](CC(C)C)NC(=O)[C@H](CC(C)C)NC(=O)[C@H](Cc2ccccc2)NC(=O)CSC[C@@H](C(=O)NCC(N)=O)NC(=O)[C@H](CCCN)NC(=O)[C@H](Cc2ccccc2)NC(=O)[C@H](C(C)C)NC(=O)[C@H](CCCNC(=N)N)NC(=O)[C@H](CC(=O)O)NC(=O)[C@H](CCCNC(=N)N)NC1=O. The lowest BCUT2D eigenvalue weighted by Crippen LogP contribution is -2.62. The summed E-state index contributed by atoms with van der Waals surface area (Å²) in [5.41, 5.74) is 23.5. The van der Waals surface area contributed by atoms with Gasteiger partial charge in [-0.2, -0.15) is 0 Å². The summed E-state index contributed by atoms with van der Waals surface area (Å²) in [7, 11) is 0. The fraction of sp³-hybridized carbons (Fsp3) is 0.608. The van der Waals surface area contributed by atoms with Crippen LogP contribution in [-0.2, 0) is 84.8 Å². The van der Waals surface area contributed by atoms with E-state index in [9.17, 15) is 77.0 Å². The van der Waals surface area contributed by atoms with Gasteiger partial charge in [0.05, 0.1) is 18.7 Å². The highest BCUT2D eigenvalue weighted by Gasteiger charge is 2.40. The number of primary amides is 1. The van der Waals surface area contributed by atoms with Crippen LogP contribution >= 0.6 is 11.8 Å². The highest BCUT2D eigenvalue weighted by Crippen LogP contribution is 2.18. The van der Waals surface area contributed by atoms with Gasteiger partial charge in [-0.1, -0.05) is 136 Å². The number of benzene rings is 2. The molecular formula is C74H119N21O16S. The van der Waals surface area contributed by atoms with Crippen LogP contribution in [-0.4, -0.2) is 216 Å². The summed E-state index contributed by atoms with van der Waals surface area (Å²) in [6.07, 6.45) is -1.69. The minimum atomic E-state index is -1.99. The highest BCUT2D eigenvalue weighted by atomic mass is 32.2. The van der Waals surface area contributed by atoms with Crippen molar-refractivity contribution in [3.8, 4) is 0 Å². The number of carboxylic acid groups (broad SMARTS) is 1. The van der Waals surface area contributed by atoms with E-state index in [4.69, 9.17) is 33.8 Å². The van der Waals surface area contributed by atoms with Crippen molar-refractivity contribution in [1.29, 1.82) is 10.8 Å². The van der Waals surface area contributed by atoms with Gasteiger partial charge in [-0.25, -0.2) is 0 Å². The predicted octanol–water partition coefficient (Wildman–Crippen LogP) is -3.17. The van der Waals surface area contributed by atoms with E-state index in [-0.39, 0.29) is 108 Å². The fourth-order valence-corrected chi connectivity index (χ4v) is 12.6. The van der Waals surface area contributed by atoms with Crippen molar-refractivity contribution < 1.29 is 77.0 Å². The molecule has 37 nitrogen and oxygen atoms in total. The van der Waals surface area contributed by atoms with Gasteiger partial charge in [0.15, 0.2) is 11.9 Å². The van der Waals surface area contributed by atoms with Gasteiger partial charge in [0.1, 0.15) is 72.5 Å². The Kier molecular flexibility index (Phi) is 42.3. The van der Waals surface area contributed by atoms with Gasteiger partial charge in [-0.05, 0) is 98.6 Å². The molecule has 2 aromatic rings. The van der Waals surface area contributed by atoms with E-state index >= 15 is 0 Å². The maximum absolute atomic E-state index is 14.8. The predicted molar refractivity (Wildman–Crippen MR) is 420 cm³/mol. The molecule has 622 valence electrons. The zero-order valence-electron chi connectivity index (χ0n) is 65.6. The first-order valence-electron chi connectivity index (χ1n) is 37.8. The Morgan fingerprint density at radius 2 is 0.821 bits per heavy atom. The third kappa shape index (κ3) is 35.6. The van der Waals surface area contributed by atoms with Crippen molar-refractivity contribution in [2.24, 2.45) is 52.5 Å². The lowest BCUT2D eigenvalue weighted by Gasteiger charge is -2.31. The number of nitrogens with two attached hydrogens (primary N) is 4. The van der Waals surface area contributed by atoms with Gasteiger partial charge in [-0.15, -0.1) is 11.8 Å². The van der Waals surface area contributed by atoms with Crippen molar-refractivity contribution in [1.82, 2.24) is 79.8 Å². The molecule has 0 spiro atoms. The zero-order chi connectivity index (χ0) is 83.9. The van der Waals surface area contributed by atoms with Crippen LogP contribution in [0.2, 0.25) is 0 Å². The van der Waals surface area contributed by atoms with Crippen molar-refractivity contribution in [2.75, 3.05) is 37.7 Å². The summed E-state index contributed by atoms with van der Waals surface area (Å²) >= 11 is 0.829. The first kappa shape index (κ1) is 95.5. The minimum Gasteiger partial charge on any atom is -0.481 e. The Hall–Kier alpha value is -10.7. The summed E-state index contributed by atoms with van der Waals surface area (Å²) in [5, 5.41) is 65.0. The molecule has 1 aliphatic heterocycles. The average molecular weight is 1590 g/mol. The summed E-state index contributed by atoms with van der Waals surface area (Å²) in [6, 6.07) is -1.25. The van der Waals surface area contributed by atoms with Crippen LogP contribution in [0.5, 0.6) is 0 Å². The van der Waals surface area contributed by atoms with Gasteiger partial charge in [0.25, 0.3) is 0 Å². The Morgan fingerprint density at radius 1 is 0.464 bits per heavy atom. The van der Waals surface area contributed by atoms with Gasteiger partial charge in [0, 0.05) is 31.7 Å². The number of nitrogens with one attached hydrogen (secondary N) is 17. The van der Waals surface area contributed by atoms with Crippen LogP contribution in [0.1, 0.15) is 145 Å². The zero-order valence-corrected chi connectivity index (χ0v) is 66.4. The second kappa shape index (κ2) is 49.6. The van der Waals surface area contributed by atoms with E-state index in [0.29, 0.717) is 11.1 Å². The maximum atomic E-state index is 14.8. The van der Waals surface area contributed by atoms with Crippen LogP contribution in [0.25, 0.3) is 0 Å². The molecule has 0 aliphatic carbocycles. The lowest BCUT2D eigenvalue weighted by atomic mass is 9.95. The Bertz CT molecular complexity index is 3520. The van der Waals surface area contributed by atoms with Crippen LogP contribution < -0.4 is 103 Å². The number of carbonyl (C=O) groups is 15. The molecule has 1 heterocycles. The molecule has 1 aliphatic rings. The number of hydrogen-bond acceptors (Lipinski definition) is 19. The third-order valence-corrected chi connectivity index (χ3v) is 19.0. The van der Waals surface area contributed by atoms with Crippen LogP contribution in [0, 0.1) is 40.4 Å². The first-order valence-corrected chi connectivity index (χ1v) is 38.9. The molecule has 1 saturated heterocycles. The summed E-state index contributed by atoms with van der Waals surface area (Å²) in [4.78, 5) is 214. The van der Waals surface area contributed by atoms with E-state index in [2.05, 4.69) is 79.8 Å². The molecule has 1 fully saturated rings. The molecule has 3 rings (SSSR count). The number of amides is 14. The van der Waals surface area contributed by atoms with E-state index in [1.807, 2.05) is 0 Å². The van der Waals surface area contributed by atoms with E-state index in [0.717, 1.165) is 11.8 Å². The number of hydrogen-bond donors (Lipinski definition) is 22. The van der Waals surface area contributed by atoms with E-state index in [1.165, 1.54) is 0 Å². The topological polar surface area (TPSA) is 609 Å². The number of guanidine groups is 2. The number of thioether (sulfide) groups is 1. The smallest absolute Gasteiger partial charge is 0.305 e. The molecule has 0 aromatic heterocycles. The number of aliphatic carboxylic acids is 1. The maximum Gasteiger partial charge on any atom is 0.305 e. The van der Waals surface area contributed by atoms with Crippen LogP contribution in [0.15, 0.2) is 60.7 Å². The minimum absolute atomic E-state index is 0.00523. The molecule has 14 amide bonds.